The summed E-state index contributed by atoms with van der Waals surface area (Å²) in [6.07, 6.45) is 1.01. The Morgan fingerprint density at radius 3 is 2.53 bits per heavy atom. The van der Waals surface area contributed by atoms with Gasteiger partial charge < -0.3 is 10.3 Å². The van der Waals surface area contributed by atoms with Crippen LogP contribution in [0.3, 0.4) is 0 Å². The van der Waals surface area contributed by atoms with Crippen LogP contribution < -0.4 is 0 Å². The number of carbonyl (C=O) groups is 1. The van der Waals surface area contributed by atoms with Gasteiger partial charge in [-0.3, -0.25) is 4.79 Å². The minimum atomic E-state index is -0.956. The maximum atomic E-state index is 11.7. The minimum absolute atomic E-state index is 0.285. The quantitative estimate of drug-likeness (QED) is 0.608. The van der Waals surface area contributed by atoms with E-state index in [4.69, 9.17) is 5.21 Å². The molecule has 4 heteroatoms. The zero-order chi connectivity index (χ0) is 12.5. The topological polar surface area (TPSA) is 69.9 Å². The van der Waals surface area contributed by atoms with E-state index in [0.29, 0.717) is 18.6 Å². The monoisotopic (exact) mass is 233 g/mol. The van der Waals surface area contributed by atoms with E-state index in [1.807, 2.05) is 37.3 Å². The van der Waals surface area contributed by atoms with Crippen LogP contribution in [0.5, 0.6) is 0 Å². The number of nitrogens with zero attached hydrogens (tertiary/aromatic N) is 1. The first-order valence-corrected chi connectivity index (χ1v) is 5.62. The summed E-state index contributed by atoms with van der Waals surface area (Å²) >= 11 is 0. The summed E-state index contributed by atoms with van der Waals surface area (Å²) in [7, 11) is 0. The Hall–Kier alpha value is -1.84. The predicted octanol–water partition coefficient (Wildman–Crippen LogP) is 2.27. The van der Waals surface area contributed by atoms with E-state index in [2.05, 4.69) is 5.16 Å². The summed E-state index contributed by atoms with van der Waals surface area (Å²) in [4.78, 5) is 11.7. The number of hydrogen-bond acceptors (Lipinski definition) is 3. The van der Waals surface area contributed by atoms with Gasteiger partial charge in [0.15, 0.2) is 0 Å². The second-order valence-electron chi connectivity index (χ2n) is 4.46. The highest BCUT2D eigenvalue weighted by Gasteiger charge is 2.51. The second-order valence-corrected chi connectivity index (χ2v) is 4.46. The Morgan fingerprint density at radius 2 is 2.06 bits per heavy atom. The molecule has 2 rings (SSSR count). The van der Waals surface area contributed by atoms with E-state index in [0.717, 1.165) is 5.56 Å². The summed E-state index contributed by atoms with van der Waals surface area (Å²) in [6.45, 7) is 1.81. The summed E-state index contributed by atoms with van der Waals surface area (Å²) < 4.78 is 0. The van der Waals surface area contributed by atoms with Crippen LogP contribution in [-0.2, 0) is 10.2 Å². The molecule has 0 aromatic heterocycles. The molecule has 0 spiro atoms. The van der Waals surface area contributed by atoms with Crippen LogP contribution in [0.15, 0.2) is 35.5 Å². The minimum Gasteiger partial charge on any atom is -0.481 e. The molecule has 2 N–H and O–H groups in total. The molecule has 1 aromatic carbocycles. The van der Waals surface area contributed by atoms with Crippen LogP contribution in [0.1, 0.15) is 25.3 Å². The molecule has 0 heterocycles. The average molecular weight is 233 g/mol. The van der Waals surface area contributed by atoms with E-state index >= 15 is 0 Å². The van der Waals surface area contributed by atoms with Gasteiger partial charge in [-0.05, 0) is 18.4 Å². The first-order valence-electron chi connectivity index (χ1n) is 5.62. The van der Waals surface area contributed by atoms with Crippen molar-refractivity contribution in [3.63, 3.8) is 0 Å². The Bertz CT molecular complexity index is 455. The largest absolute Gasteiger partial charge is 0.481 e. The molecule has 1 aliphatic carbocycles. The number of rotatable bonds is 2. The third-order valence-electron chi connectivity index (χ3n) is 3.81. The van der Waals surface area contributed by atoms with E-state index < -0.39 is 11.4 Å². The summed E-state index contributed by atoms with van der Waals surface area (Å²) in [5, 5.41) is 21.7. The van der Waals surface area contributed by atoms with Gasteiger partial charge >= 0.3 is 5.97 Å². The molecule has 0 amide bonds. The second kappa shape index (κ2) is 4.20. The van der Waals surface area contributed by atoms with Gasteiger partial charge in [0.25, 0.3) is 0 Å². The van der Waals surface area contributed by atoms with E-state index in [9.17, 15) is 9.90 Å². The first-order chi connectivity index (χ1) is 8.13. The lowest BCUT2D eigenvalue weighted by molar-refractivity contribution is -0.144. The number of benzene rings is 1. The molecule has 17 heavy (non-hydrogen) atoms. The predicted molar refractivity (Wildman–Crippen MR) is 63.4 cm³/mol. The van der Waals surface area contributed by atoms with Gasteiger partial charge in [-0.25, -0.2) is 0 Å². The summed E-state index contributed by atoms with van der Waals surface area (Å²) in [6, 6.07) is 9.18. The summed E-state index contributed by atoms with van der Waals surface area (Å²) in [5.41, 5.74) is 0.387. The zero-order valence-corrected chi connectivity index (χ0v) is 9.63. The molecule has 4 nitrogen and oxygen atoms in total. The average Bonchev–Trinajstić information content (AvgIpc) is 2.68. The number of hydrogen-bond donors (Lipinski definition) is 2. The van der Waals surface area contributed by atoms with Crippen molar-refractivity contribution in [2.24, 2.45) is 11.1 Å². The fourth-order valence-corrected chi connectivity index (χ4v) is 2.72. The third-order valence-corrected chi connectivity index (χ3v) is 3.81. The summed E-state index contributed by atoms with van der Waals surface area (Å²) in [5.74, 6) is -1.14. The van der Waals surface area contributed by atoms with Gasteiger partial charge in [-0.2, -0.15) is 0 Å². The van der Waals surface area contributed by atoms with E-state index in [-0.39, 0.29) is 5.92 Å². The van der Waals surface area contributed by atoms with Crippen molar-refractivity contribution in [2.75, 3.05) is 0 Å². The van der Waals surface area contributed by atoms with Gasteiger partial charge in [0.05, 0.1) is 5.71 Å². The SMILES string of the molecule is C[C@@H]1/C(=N/O)CC[C@@]1(C(=O)O)c1ccccc1. The molecule has 1 aromatic rings. The van der Waals surface area contributed by atoms with Crippen LogP contribution in [0.2, 0.25) is 0 Å². The first kappa shape index (κ1) is 11.6. The highest BCUT2D eigenvalue weighted by molar-refractivity contribution is 5.98. The van der Waals surface area contributed by atoms with Gasteiger partial charge in [-0.15, -0.1) is 0 Å². The Balaban J connectivity index is 2.53. The number of oxime groups is 1. The molecule has 1 aliphatic rings. The number of carboxylic acid groups (broad SMARTS) is 1. The molecular weight excluding hydrogens is 218 g/mol. The van der Waals surface area contributed by atoms with E-state index in [1.54, 1.807) is 0 Å². The molecular formula is C13H15NO3. The Kier molecular flexibility index (Phi) is 2.88. The standard InChI is InChI=1S/C13H15NO3/c1-9-11(14-17)7-8-13(9,12(15)16)10-5-3-2-4-6-10/h2-6,9,17H,7-8H2,1H3,(H,15,16)/b14-11+/t9-,13+/m1/s1. The van der Waals surface area contributed by atoms with Gasteiger partial charge in [0.1, 0.15) is 5.41 Å². The van der Waals surface area contributed by atoms with Crippen molar-refractivity contribution >= 4 is 11.7 Å². The number of carboxylic acids is 1. The highest BCUT2D eigenvalue weighted by Crippen LogP contribution is 2.44. The van der Waals surface area contributed by atoms with Gasteiger partial charge in [0.2, 0.25) is 0 Å². The van der Waals surface area contributed by atoms with Crippen molar-refractivity contribution in [3.8, 4) is 0 Å². The van der Waals surface area contributed by atoms with E-state index in [1.165, 1.54) is 0 Å². The lowest BCUT2D eigenvalue weighted by atomic mass is 9.73. The molecule has 1 fully saturated rings. The zero-order valence-electron chi connectivity index (χ0n) is 9.63. The molecule has 0 radical (unpaired) electrons. The van der Waals surface area contributed by atoms with Crippen LogP contribution in [0, 0.1) is 5.92 Å². The van der Waals surface area contributed by atoms with Crippen molar-refractivity contribution in [2.45, 2.75) is 25.2 Å². The lowest BCUT2D eigenvalue weighted by Gasteiger charge is -2.29. The normalized spacial score (nSPS) is 30.6. The third kappa shape index (κ3) is 1.60. The molecule has 1 saturated carbocycles. The Labute approximate surface area is 99.6 Å². The highest BCUT2D eigenvalue weighted by atomic mass is 16.4. The molecule has 0 bridgehead atoms. The van der Waals surface area contributed by atoms with Crippen LogP contribution >= 0.6 is 0 Å². The van der Waals surface area contributed by atoms with Crippen molar-refractivity contribution in [3.05, 3.63) is 35.9 Å². The van der Waals surface area contributed by atoms with Crippen molar-refractivity contribution in [1.82, 2.24) is 0 Å². The van der Waals surface area contributed by atoms with Crippen molar-refractivity contribution in [1.29, 1.82) is 0 Å². The fourth-order valence-electron chi connectivity index (χ4n) is 2.72. The maximum Gasteiger partial charge on any atom is 0.314 e. The van der Waals surface area contributed by atoms with Crippen LogP contribution in [0.4, 0.5) is 0 Å². The van der Waals surface area contributed by atoms with Gasteiger partial charge in [-0.1, -0.05) is 42.4 Å². The maximum absolute atomic E-state index is 11.7. The molecule has 0 saturated heterocycles. The molecule has 2 atom stereocenters. The number of aliphatic carboxylic acids is 1. The fraction of sp³-hybridized carbons (Fsp3) is 0.385. The van der Waals surface area contributed by atoms with Crippen LogP contribution in [0.25, 0.3) is 0 Å². The molecule has 90 valence electrons. The Morgan fingerprint density at radius 1 is 1.41 bits per heavy atom. The smallest absolute Gasteiger partial charge is 0.314 e. The van der Waals surface area contributed by atoms with Crippen LogP contribution in [-0.4, -0.2) is 22.0 Å². The van der Waals surface area contributed by atoms with Crippen molar-refractivity contribution < 1.29 is 15.1 Å². The molecule has 0 unspecified atom stereocenters. The van der Waals surface area contributed by atoms with Gasteiger partial charge in [0, 0.05) is 5.92 Å². The lowest BCUT2D eigenvalue weighted by Crippen LogP contribution is -2.39. The molecule has 0 aliphatic heterocycles.